The molecule has 3 aliphatic heterocycles. The van der Waals surface area contributed by atoms with Crippen molar-refractivity contribution in [3.05, 3.63) is 83.9 Å². The first kappa shape index (κ1) is 30.3. The first-order valence-corrected chi connectivity index (χ1v) is 15.4. The third kappa shape index (κ3) is 4.49. The number of carboxylic acids is 1. The number of H-pyrrole nitrogens is 2. The van der Waals surface area contributed by atoms with Crippen LogP contribution in [0.15, 0.2) is 39.7 Å². The molecule has 8 bridgehead atoms. The fourth-order valence-corrected chi connectivity index (χ4v) is 7.88. The van der Waals surface area contributed by atoms with Crippen molar-refractivity contribution in [3.8, 4) is 0 Å². The number of allylic oxidation sites excluding steroid dienone is 3. The molecule has 45 heavy (non-hydrogen) atoms. The van der Waals surface area contributed by atoms with Gasteiger partial charge in [0.2, 0.25) is 10.7 Å². The molecule has 6 rings (SSSR count). The third-order valence-corrected chi connectivity index (χ3v) is 10.3. The van der Waals surface area contributed by atoms with E-state index in [0.717, 1.165) is 56.5 Å². The van der Waals surface area contributed by atoms with Gasteiger partial charge in [-0.25, -0.2) is 9.83 Å². The number of Topliss-reactive ketones (excluding diaryl/α,β-unsaturated/α-hetero) is 1. The molecule has 10 nitrogen and oxygen atoms in total. The SMILES string of the molecule is C=Cc1c2[nH]c(c1C)/C=C1/[C@@H](C)[C@H](CCC(=O)O)C(C3=C4N=C(/C=c5\[nH]/c(c(C)c5CC)=C\2)C(C)=C4C(=O)[C@@H]3[N+](=O)OC)N1C. The van der Waals surface area contributed by atoms with Crippen molar-refractivity contribution < 1.29 is 24.5 Å². The Balaban J connectivity index is 1.73. The summed E-state index contributed by atoms with van der Waals surface area (Å²) in [6.45, 7) is 14.3. The van der Waals surface area contributed by atoms with Crippen LogP contribution in [-0.2, 0) is 20.8 Å². The molecule has 1 unspecified atom stereocenters. The molecule has 0 spiro atoms. The average molecular weight is 611 g/mol. The second-order valence-corrected chi connectivity index (χ2v) is 12.4. The maximum atomic E-state index is 14.1. The highest BCUT2D eigenvalue weighted by molar-refractivity contribution is 6.28. The van der Waals surface area contributed by atoms with Crippen LogP contribution >= 0.6 is 0 Å². The quantitative estimate of drug-likeness (QED) is 0.408. The summed E-state index contributed by atoms with van der Waals surface area (Å²) >= 11 is 0. The molecule has 4 aliphatic rings. The van der Waals surface area contributed by atoms with Crippen LogP contribution in [0.25, 0.3) is 24.3 Å². The molecule has 5 heterocycles. The van der Waals surface area contributed by atoms with Crippen molar-refractivity contribution in [1.82, 2.24) is 14.9 Å². The number of aromatic nitrogens is 2. The maximum Gasteiger partial charge on any atom is 0.344 e. The Morgan fingerprint density at radius 3 is 2.53 bits per heavy atom. The number of nitrogens with zero attached hydrogens (tertiary/aromatic N) is 3. The predicted octanol–water partition coefficient (Wildman–Crippen LogP) is 3.88. The highest BCUT2D eigenvalue weighted by Crippen LogP contribution is 2.50. The van der Waals surface area contributed by atoms with E-state index in [-0.39, 0.29) is 24.0 Å². The van der Waals surface area contributed by atoms with E-state index >= 15 is 0 Å². The lowest BCUT2D eigenvalue weighted by Gasteiger charge is -2.28. The number of likely N-dealkylation sites (N-methyl/N-ethyl adjacent to an activating group) is 1. The smallest absolute Gasteiger partial charge is 0.344 e. The summed E-state index contributed by atoms with van der Waals surface area (Å²) in [5.74, 6) is -1.55. The zero-order valence-electron chi connectivity index (χ0n) is 26.9. The number of carbonyl (C=O) groups is 2. The fourth-order valence-electron chi connectivity index (χ4n) is 7.88. The highest BCUT2D eigenvalue weighted by atomic mass is 16.8. The number of aliphatic carboxylic acids is 1. The van der Waals surface area contributed by atoms with Crippen LogP contribution in [0.5, 0.6) is 0 Å². The Bertz CT molecular complexity index is 1950. The van der Waals surface area contributed by atoms with E-state index < -0.39 is 18.1 Å². The van der Waals surface area contributed by atoms with E-state index in [2.05, 4.69) is 61.3 Å². The molecule has 1 fully saturated rings. The Morgan fingerprint density at radius 1 is 1.16 bits per heavy atom. The normalized spacial score (nSPS) is 26.3. The van der Waals surface area contributed by atoms with Crippen LogP contribution in [-0.4, -0.2) is 68.6 Å². The number of carbonyl (C=O) groups excluding carboxylic acids is 1. The first-order chi connectivity index (χ1) is 21.4. The van der Waals surface area contributed by atoms with E-state index in [1.165, 1.54) is 7.11 Å². The van der Waals surface area contributed by atoms with Gasteiger partial charge in [-0.05, 0) is 80.0 Å². The number of hydrogen-bond acceptors (Lipinski definition) is 6. The number of aliphatic imine (C=N–C) groups is 1. The number of aromatic amines is 2. The van der Waals surface area contributed by atoms with Crippen molar-refractivity contribution in [2.24, 2.45) is 16.8 Å². The summed E-state index contributed by atoms with van der Waals surface area (Å²) in [6, 6.07) is -1.69. The molecule has 0 amide bonds. The predicted molar refractivity (Wildman–Crippen MR) is 173 cm³/mol. The summed E-state index contributed by atoms with van der Waals surface area (Å²) in [6.07, 6.45) is 9.18. The van der Waals surface area contributed by atoms with Gasteiger partial charge < -0.3 is 20.0 Å². The van der Waals surface area contributed by atoms with Gasteiger partial charge in [0.25, 0.3) is 0 Å². The molecular formula is C35H40N5O5+. The van der Waals surface area contributed by atoms with Crippen molar-refractivity contribution >= 4 is 41.8 Å². The van der Waals surface area contributed by atoms with Crippen LogP contribution in [0.4, 0.5) is 0 Å². The molecular weight excluding hydrogens is 570 g/mol. The van der Waals surface area contributed by atoms with Gasteiger partial charge >= 0.3 is 12.0 Å². The van der Waals surface area contributed by atoms with Gasteiger partial charge in [0.05, 0.1) is 33.5 Å². The fraction of sp³-hybridized carbons (Fsp3) is 0.400. The highest BCUT2D eigenvalue weighted by Gasteiger charge is 2.58. The molecule has 1 aliphatic carbocycles. The summed E-state index contributed by atoms with van der Waals surface area (Å²) in [5.41, 5.74) is 9.96. The molecule has 0 radical (unpaired) electrons. The van der Waals surface area contributed by atoms with Crippen molar-refractivity contribution in [2.45, 2.75) is 66.0 Å². The molecule has 10 heteroatoms. The minimum absolute atomic E-state index is 0.0431. The largest absolute Gasteiger partial charge is 0.481 e. The second-order valence-electron chi connectivity index (χ2n) is 12.4. The molecule has 0 aromatic carbocycles. The van der Waals surface area contributed by atoms with Crippen molar-refractivity contribution in [2.75, 3.05) is 14.2 Å². The van der Waals surface area contributed by atoms with E-state index in [1.54, 1.807) is 0 Å². The minimum Gasteiger partial charge on any atom is -0.481 e. The molecule has 2 aromatic heterocycles. The number of carboxylic acid groups (broad SMARTS) is 1. The Morgan fingerprint density at radius 2 is 1.89 bits per heavy atom. The summed E-state index contributed by atoms with van der Waals surface area (Å²) in [4.78, 5) is 59.0. The van der Waals surface area contributed by atoms with Gasteiger partial charge in [0.1, 0.15) is 0 Å². The second kappa shape index (κ2) is 11.0. The van der Waals surface area contributed by atoms with Gasteiger partial charge in [-0.2, -0.15) is 0 Å². The number of ketones is 1. The van der Waals surface area contributed by atoms with Crippen LogP contribution < -0.4 is 10.7 Å². The van der Waals surface area contributed by atoms with Crippen LogP contribution in [0.2, 0.25) is 0 Å². The number of fused-ring (bicyclic) bond motifs is 7. The zero-order valence-corrected chi connectivity index (χ0v) is 26.9. The lowest BCUT2D eigenvalue weighted by molar-refractivity contribution is -0.805. The molecule has 3 N–H and O–H groups in total. The zero-order chi connectivity index (χ0) is 32.5. The van der Waals surface area contributed by atoms with Gasteiger partial charge in [0, 0.05) is 52.7 Å². The maximum absolute atomic E-state index is 14.1. The number of rotatable bonds is 7. The van der Waals surface area contributed by atoms with Crippen molar-refractivity contribution in [3.63, 3.8) is 0 Å². The summed E-state index contributed by atoms with van der Waals surface area (Å²) in [7, 11) is 3.20. The summed E-state index contributed by atoms with van der Waals surface area (Å²) in [5, 5.41) is 11.6. The standard InChI is InChI=1S/C35H39N5O5/c1-9-20-16(3)23-13-26-21(10-2)17(4)25(37-26)15-28-18(5)22(11-12-29(41)42)33(39(28)7)31-32-30(35(43)34(31)40(44)45-8)19(6)24(38-32)14-27(20)36-23/h10,13-15,18,22,33-34H,2,9,11-12H2,1,3-8H3,(H2-,36,37,38,41,42,43)/p+1/b28-15-/t18-,22-,33?,34+/m0/s1. The molecule has 234 valence electrons. The molecule has 2 aromatic rings. The Kier molecular flexibility index (Phi) is 7.42. The Hall–Kier alpha value is -4.73. The monoisotopic (exact) mass is 610 g/mol. The number of nitrogens with one attached hydrogen (secondary N) is 2. The molecule has 0 saturated carbocycles. The van der Waals surface area contributed by atoms with Crippen LogP contribution in [0.1, 0.15) is 67.3 Å². The van der Waals surface area contributed by atoms with E-state index in [0.29, 0.717) is 39.5 Å². The first-order valence-electron chi connectivity index (χ1n) is 15.4. The topological polar surface area (TPSA) is 131 Å². The third-order valence-electron chi connectivity index (χ3n) is 10.3. The van der Waals surface area contributed by atoms with Gasteiger partial charge in [0.15, 0.2) is 7.11 Å². The van der Waals surface area contributed by atoms with Crippen LogP contribution in [0, 0.1) is 30.6 Å². The lowest BCUT2D eigenvalue weighted by atomic mass is 9.82. The molecule has 4 atom stereocenters. The van der Waals surface area contributed by atoms with E-state index in [1.807, 2.05) is 26.1 Å². The lowest BCUT2D eigenvalue weighted by Crippen LogP contribution is -2.41. The van der Waals surface area contributed by atoms with Gasteiger partial charge in [-0.3, -0.25) is 9.59 Å². The van der Waals surface area contributed by atoms with Crippen molar-refractivity contribution in [1.29, 1.82) is 0 Å². The Labute approximate surface area is 261 Å². The van der Waals surface area contributed by atoms with Gasteiger partial charge in [-0.1, -0.05) is 26.5 Å². The minimum atomic E-state index is -1.23. The van der Waals surface area contributed by atoms with Gasteiger partial charge in [-0.15, -0.1) is 0 Å². The van der Waals surface area contributed by atoms with E-state index in [4.69, 9.17) is 9.83 Å². The number of hydrogen-bond donors (Lipinski definition) is 3. The average Bonchev–Trinajstić information content (AvgIpc) is 3.72. The molecule has 1 saturated heterocycles. The van der Waals surface area contributed by atoms with Crippen LogP contribution in [0.3, 0.4) is 0 Å². The van der Waals surface area contributed by atoms with E-state index in [9.17, 15) is 19.6 Å². The summed E-state index contributed by atoms with van der Waals surface area (Å²) < 4.78 is 0.